The summed E-state index contributed by atoms with van der Waals surface area (Å²) in [5.41, 5.74) is 0.350. The summed E-state index contributed by atoms with van der Waals surface area (Å²) in [5, 5.41) is 9.75. The van der Waals surface area contributed by atoms with E-state index in [1.807, 2.05) is 12.3 Å². The summed E-state index contributed by atoms with van der Waals surface area (Å²) in [6.07, 6.45) is 14.9. The van der Waals surface area contributed by atoms with Gasteiger partial charge in [0.05, 0.1) is 5.54 Å². The number of aliphatic imine (C=N–C) groups is 1. The number of carbonyl (C=O) groups is 2. The van der Waals surface area contributed by atoms with Crippen LogP contribution in [0, 0.1) is 0 Å². The summed E-state index contributed by atoms with van der Waals surface area (Å²) in [6.45, 7) is 3.49. The molecule has 0 aromatic rings. The SMILES string of the molecule is CC(=O)OC(CCCCCCCCCC1(C)C=CC=N1)C1=CC(=O)OC1O. The Bertz CT molecular complexity index is 596. The molecule has 1 N–H and O–H groups in total. The van der Waals surface area contributed by atoms with E-state index in [1.165, 1.54) is 38.7 Å². The average Bonchev–Trinajstić information content (AvgIpc) is 3.17. The van der Waals surface area contributed by atoms with E-state index in [0.717, 1.165) is 25.7 Å². The number of nitrogens with zero attached hydrogens (tertiary/aromatic N) is 1. The molecule has 0 amide bonds. The number of aliphatic hydroxyl groups is 1. The predicted octanol–water partition coefficient (Wildman–Crippen LogP) is 3.63. The van der Waals surface area contributed by atoms with E-state index in [1.54, 1.807) is 0 Å². The first-order chi connectivity index (χ1) is 12.9. The first-order valence-electron chi connectivity index (χ1n) is 9.90. The minimum Gasteiger partial charge on any atom is -0.458 e. The van der Waals surface area contributed by atoms with Gasteiger partial charge in [0.1, 0.15) is 6.10 Å². The molecule has 2 aliphatic heterocycles. The molecule has 0 radical (unpaired) electrons. The van der Waals surface area contributed by atoms with Gasteiger partial charge in [-0.25, -0.2) is 4.79 Å². The van der Waals surface area contributed by atoms with E-state index in [0.29, 0.717) is 12.0 Å². The van der Waals surface area contributed by atoms with Crippen LogP contribution in [-0.2, 0) is 19.1 Å². The van der Waals surface area contributed by atoms with Gasteiger partial charge in [-0.3, -0.25) is 9.79 Å². The Balaban J connectivity index is 1.56. The molecule has 0 aliphatic carbocycles. The van der Waals surface area contributed by atoms with Crippen LogP contribution in [0.15, 0.2) is 28.8 Å². The third-order valence-electron chi connectivity index (χ3n) is 5.04. The first-order valence-corrected chi connectivity index (χ1v) is 9.90. The highest BCUT2D eigenvalue weighted by molar-refractivity contribution is 5.86. The van der Waals surface area contributed by atoms with Crippen molar-refractivity contribution in [2.24, 2.45) is 4.99 Å². The number of aliphatic hydroxyl groups excluding tert-OH is 1. The standard InChI is InChI=1S/C21H31NO5/c1-16(23)26-18(17-15-19(24)27-20(17)25)11-8-6-4-3-5-7-9-12-21(2)13-10-14-22-21/h10,13-15,18,20,25H,3-9,11-12H2,1-2H3. The number of hydrogen-bond donors (Lipinski definition) is 1. The minimum atomic E-state index is -1.30. The van der Waals surface area contributed by atoms with Gasteiger partial charge in [0.2, 0.25) is 6.29 Å². The molecule has 0 aromatic heterocycles. The Labute approximate surface area is 161 Å². The monoisotopic (exact) mass is 377 g/mol. The van der Waals surface area contributed by atoms with E-state index >= 15 is 0 Å². The van der Waals surface area contributed by atoms with Gasteiger partial charge in [-0.2, -0.15) is 0 Å². The van der Waals surface area contributed by atoms with Crippen LogP contribution >= 0.6 is 0 Å². The van der Waals surface area contributed by atoms with E-state index < -0.39 is 24.3 Å². The number of esters is 2. The summed E-state index contributed by atoms with van der Waals surface area (Å²) >= 11 is 0. The van der Waals surface area contributed by atoms with Crippen molar-refractivity contribution < 1.29 is 24.2 Å². The molecule has 6 nitrogen and oxygen atoms in total. The highest BCUT2D eigenvalue weighted by Gasteiger charge is 2.31. The van der Waals surface area contributed by atoms with Gasteiger partial charge in [-0.05, 0) is 32.3 Å². The number of carbonyl (C=O) groups excluding carboxylic acids is 2. The molecular formula is C21H31NO5. The van der Waals surface area contributed by atoms with Crippen LogP contribution in [0.4, 0.5) is 0 Å². The van der Waals surface area contributed by atoms with Crippen LogP contribution in [0.5, 0.6) is 0 Å². The van der Waals surface area contributed by atoms with Gasteiger partial charge < -0.3 is 14.6 Å². The van der Waals surface area contributed by atoms with Crippen LogP contribution in [0.1, 0.15) is 71.6 Å². The molecule has 0 saturated carbocycles. The number of rotatable bonds is 12. The largest absolute Gasteiger partial charge is 0.458 e. The lowest BCUT2D eigenvalue weighted by atomic mass is 9.95. The van der Waals surface area contributed by atoms with Gasteiger partial charge in [0, 0.05) is 24.8 Å². The van der Waals surface area contributed by atoms with Crippen LogP contribution in [0.25, 0.3) is 0 Å². The fourth-order valence-corrected chi connectivity index (χ4v) is 3.52. The lowest BCUT2D eigenvalue weighted by molar-refractivity contribution is -0.153. The fourth-order valence-electron chi connectivity index (χ4n) is 3.52. The second-order valence-electron chi connectivity index (χ2n) is 7.54. The topological polar surface area (TPSA) is 85.2 Å². The summed E-state index contributed by atoms with van der Waals surface area (Å²) in [5.74, 6) is -1.02. The lowest BCUT2D eigenvalue weighted by Crippen LogP contribution is -2.25. The smallest absolute Gasteiger partial charge is 0.333 e. The third kappa shape index (κ3) is 7.29. The second-order valence-corrected chi connectivity index (χ2v) is 7.54. The molecule has 0 aromatic carbocycles. The van der Waals surface area contributed by atoms with Crippen molar-refractivity contribution in [1.29, 1.82) is 0 Å². The Morgan fingerprint density at radius 2 is 1.93 bits per heavy atom. The van der Waals surface area contributed by atoms with E-state index in [-0.39, 0.29) is 5.54 Å². The summed E-state index contributed by atoms with van der Waals surface area (Å²) < 4.78 is 9.94. The molecule has 0 saturated heterocycles. The molecule has 0 bridgehead atoms. The summed E-state index contributed by atoms with van der Waals surface area (Å²) in [4.78, 5) is 27.0. The highest BCUT2D eigenvalue weighted by Crippen LogP contribution is 2.25. The number of ether oxygens (including phenoxy) is 2. The average molecular weight is 377 g/mol. The zero-order valence-corrected chi connectivity index (χ0v) is 16.4. The number of allylic oxidation sites excluding steroid dienone is 1. The Kier molecular flexibility index (Phi) is 8.23. The van der Waals surface area contributed by atoms with Crippen molar-refractivity contribution in [3.05, 3.63) is 23.8 Å². The Morgan fingerprint density at radius 3 is 2.48 bits per heavy atom. The summed E-state index contributed by atoms with van der Waals surface area (Å²) in [6, 6.07) is 0. The number of cyclic esters (lactones) is 1. The molecule has 2 aliphatic rings. The quantitative estimate of drug-likeness (QED) is 0.415. The van der Waals surface area contributed by atoms with Gasteiger partial charge >= 0.3 is 11.9 Å². The van der Waals surface area contributed by atoms with Crippen LogP contribution in [-0.4, -0.2) is 41.2 Å². The number of hydrogen-bond acceptors (Lipinski definition) is 6. The number of unbranched alkanes of at least 4 members (excludes halogenated alkanes) is 6. The normalized spacial score (nSPS) is 24.8. The van der Waals surface area contributed by atoms with Gasteiger partial charge in [-0.15, -0.1) is 0 Å². The molecule has 2 rings (SSSR count). The zero-order valence-electron chi connectivity index (χ0n) is 16.4. The Hall–Kier alpha value is -1.95. The van der Waals surface area contributed by atoms with E-state index in [9.17, 15) is 14.7 Å². The Morgan fingerprint density at radius 1 is 1.26 bits per heavy atom. The molecule has 3 atom stereocenters. The van der Waals surface area contributed by atoms with Crippen LogP contribution in [0.2, 0.25) is 0 Å². The molecule has 2 heterocycles. The van der Waals surface area contributed by atoms with Crippen molar-refractivity contribution in [2.75, 3.05) is 0 Å². The van der Waals surface area contributed by atoms with Crippen molar-refractivity contribution in [3.8, 4) is 0 Å². The predicted molar refractivity (Wildman–Crippen MR) is 103 cm³/mol. The highest BCUT2D eigenvalue weighted by atomic mass is 16.6. The second kappa shape index (κ2) is 10.4. The molecule has 0 fully saturated rings. The van der Waals surface area contributed by atoms with Crippen LogP contribution in [0.3, 0.4) is 0 Å². The maximum atomic E-state index is 11.3. The summed E-state index contributed by atoms with van der Waals surface area (Å²) in [7, 11) is 0. The van der Waals surface area contributed by atoms with E-state index in [4.69, 9.17) is 4.74 Å². The van der Waals surface area contributed by atoms with Gasteiger partial charge in [0.15, 0.2) is 0 Å². The van der Waals surface area contributed by atoms with Crippen molar-refractivity contribution in [1.82, 2.24) is 0 Å². The van der Waals surface area contributed by atoms with Gasteiger partial charge in [-0.1, -0.05) is 44.6 Å². The van der Waals surface area contributed by atoms with Crippen molar-refractivity contribution in [2.45, 2.75) is 89.6 Å². The molecular weight excluding hydrogens is 346 g/mol. The lowest BCUT2D eigenvalue weighted by Gasteiger charge is -2.19. The van der Waals surface area contributed by atoms with Crippen LogP contribution < -0.4 is 0 Å². The van der Waals surface area contributed by atoms with Gasteiger partial charge in [0.25, 0.3) is 0 Å². The van der Waals surface area contributed by atoms with E-state index in [2.05, 4.69) is 22.7 Å². The first kappa shape index (κ1) is 21.4. The third-order valence-corrected chi connectivity index (χ3v) is 5.04. The minimum absolute atomic E-state index is 0.0102. The fraction of sp³-hybridized carbons (Fsp3) is 0.667. The maximum absolute atomic E-state index is 11.3. The molecule has 6 heteroatoms. The van der Waals surface area contributed by atoms with Crippen molar-refractivity contribution in [3.63, 3.8) is 0 Å². The maximum Gasteiger partial charge on any atom is 0.333 e. The molecule has 0 spiro atoms. The molecule has 3 unspecified atom stereocenters. The zero-order chi connectivity index (χ0) is 19.7. The molecule has 27 heavy (non-hydrogen) atoms. The molecule has 150 valence electrons. The van der Waals surface area contributed by atoms with Crippen molar-refractivity contribution >= 4 is 18.2 Å².